The number of halogens is 2. The average Bonchev–Trinajstić information content (AvgIpc) is 2.85. The molecule has 1 aromatic heterocycles. The number of aromatic nitrogens is 1. The van der Waals surface area contributed by atoms with Crippen LogP contribution in [0.5, 0.6) is 0 Å². The molecule has 0 bridgehead atoms. The van der Waals surface area contributed by atoms with Crippen molar-refractivity contribution in [2.75, 3.05) is 5.73 Å². The molecule has 0 aliphatic carbocycles. The Morgan fingerprint density at radius 3 is 2.95 bits per heavy atom. The summed E-state index contributed by atoms with van der Waals surface area (Å²) in [5, 5.41) is 0.605. The Morgan fingerprint density at radius 1 is 1.47 bits per heavy atom. The molecule has 0 atom stereocenters. The lowest BCUT2D eigenvalue weighted by atomic mass is 10.2. The quantitative estimate of drug-likeness (QED) is 0.880. The van der Waals surface area contributed by atoms with Gasteiger partial charge in [-0.2, -0.15) is 0 Å². The van der Waals surface area contributed by atoms with Gasteiger partial charge in [0.15, 0.2) is 5.13 Å². The van der Waals surface area contributed by atoms with Gasteiger partial charge in [0.25, 0.3) is 5.91 Å². The van der Waals surface area contributed by atoms with Gasteiger partial charge in [-0.3, -0.25) is 4.79 Å². The van der Waals surface area contributed by atoms with Gasteiger partial charge in [0, 0.05) is 0 Å². The van der Waals surface area contributed by atoms with Crippen LogP contribution >= 0.6 is 22.9 Å². The molecule has 0 saturated carbocycles. The van der Waals surface area contributed by atoms with E-state index in [1.165, 1.54) is 34.4 Å². The van der Waals surface area contributed by atoms with Crippen molar-refractivity contribution in [2.45, 2.75) is 13.1 Å². The molecule has 19 heavy (non-hydrogen) atoms. The zero-order valence-corrected chi connectivity index (χ0v) is 11.3. The van der Waals surface area contributed by atoms with E-state index in [9.17, 15) is 9.18 Å². The van der Waals surface area contributed by atoms with Crippen LogP contribution in [0.25, 0.3) is 0 Å². The molecule has 3 rings (SSSR count). The lowest BCUT2D eigenvalue weighted by Crippen LogP contribution is -2.26. The zero-order valence-electron chi connectivity index (χ0n) is 9.69. The van der Waals surface area contributed by atoms with Gasteiger partial charge in [-0.05, 0) is 12.1 Å². The van der Waals surface area contributed by atoms with Crippen LogP contribution in [0, 0.1) is 5.82 Å². The van der Waals surface area contributed by atoms with Gasteiger partial charge in [0.2, 0.25) is 0 Å². The van der Waals surface area contributed by atoms with Crippen molar-refractivity contribution in [2.24, 2.45) is 0 Å². The van der Waals surface area contributed by atoms with Crippen LogP contribution in [0.1, 0.15) is 20.9 Å². The van der Waals surface area contributed by atoms with E-state index in [0.717, 1.165) is 10.6 Å². The smallest absolute Gasteiger partial charge is 0.259 e. The molecule has 7 heteroatoms. The average molecular weight is 298 g/mol. The third-order valence-corrected chi connectivity index (χ3v) is 4.16. The Hall–Kier alpha value is -1.66. The highest BCUT2D eigenvalue weighted by molar-refractivity contribution is 7.15. The minimum atomic E-state index is -0.611. The van der Waals surface area contributed by atoms with Crippen molar-refractivity contribution < 1.29 is 9.18 Å². The van der Waals surface area contributed by atoms with E-state index >= 15 is 0 Å². The molecule has 0 unspecified atom stereocenters. The number of carbonyl (C=O) groups excluding carboxylic acids is 1. The molecular formula is C12H9ClFN3OS. The fourth-order valence-electron chi connectivity index (χ4n) is 2.06. The normalized spacial score (nSPS) is 13.7. The molecule has 98 valence electrons. The molecule has 2 heterocycles. The first kappa shape index (κ1) is 12.4. The number of rotatable bonds is 1. The number of hydrogen-bond donors (Lipinski definition) is 1. The summed E-state index contributed by atoms with van der Waals surface area (Å²) >= 11 is 7.24. The molecule has 2 aromatic rings. The molecule has 1 aromatic carbocycles. The first-order chi connectivity index (χ1) is 9.06. The van der Waals surface area contributed by atoms with Gasteiger partial charge in [-0.15, -0.1) is 11.3 Å². The number of amides is 1. The zero-order chi connectivity index (χ0) is 13.6. The fourth-order valence-corrected chi connectivity index (χ4v) is 3.16. The summed E-state index contributed by atoms with van der Waals surface area (Å²) in [4.78, 5) is 18.9. The number of nitrogen functional groups attached to an aromatic ring is 1. The topological polar surface area (TPSA) is 59.2 Å². The first-order valence-electron chi connectivity index (χ1n) is 5.53. The Morgan fingerprint density at radius 2 is 2.26 bits per heavy atom. The molecule has 2 N–H and O–H groups in total. The molecule has 0 saturated heterocycles. The Labute approximate surface area is 117 Å². The number of hydrogen-bond acceptors (Lipinski definition) is 4. The van der Waals surface area contributed by atoms with E-state index in [0.29, 0.717) is 18.2 Å². The maximum Gasteiger partial charge on any atom is 0.259 e. The molecule has 1 aliphatic rings. The van der Waals surface area contributed by atoms with Crippen molar-refractivity contribution in [1.82, 2.24) is 9.88 Å². The van der Waals surface area contributed by atoms with E-state index in [1.54, 1.807) is 0 Å². The second-order valence-electron chi connectivity index (χ2n) is 4.18. The van der Waals surface area contributed by atoms with Gasteiger partial charge in [-0.1, -0.05) is 17.7 Å². The van der Waals surface area contributed by atoms with Crippen molar-refractivity contribution in [3.8, 4) is 0 Å². The molecule has 1 aliphatic heterocycles. The minimum absolute atomic E-state index is 0.0905. The lowest BCUT2D eigenvalue weighted by Gasteiger charge is -2.16. The van der Waals surface area contributed by atoms with Crippen LogP contribution in [0.4, 0.5) is 9.52 Å². The highest BCUT2D eigenvalue weighted by atomic mass is 35.5. The molecular weight excluding hydrogens is 289 g/mol. The molecule has 0 spiro atoms. The maximum absolute atomic E-state index is 13.7. The van der Waals surface area contributed by atoms with Crippen molar-refractivity contribution in [3.63, 3.8) is 0 Å². The van der Waals surface area contributed by atoms with Gasteiger partial charge in [0.1, 0.15) is 5.82 Å². The summed E-state index contributed by atoms with van der Waals surface area (Å²) in [5.74, 6) is -1.04. The standard InChI is InChI=1S/C12H9ClFN3OS/c13-6-2-1-3-7(14)10(6)11(18)17-4-8-9(5-17)19-12(15)16-8/h1-3H,4-5H2,(H2,15,16). The number of thiazole rings is 1. The maximum atomic E-state index is 13.7. The van der Waals surface area contributed by atoms with Crippen LogP contribution in [0.3, 0.4) is 0 Å². The summed E-state index contributed by atoms with van der Waals surface area (Å²) in [6, 6.07) is 4.19. The monoisotopic (exact) mass is 297 g/mol. The highest BCUT2D eigenvalue weighted by Gasteiger charge is 2.29. The predicted molar refractivity (Wildman–Crippen MR) is 71.5 cm³/mol. The van der Waals surface area contributed by atoms with E-state index in [2.05, 4.69) is 4.98 Å². The number of nitrogens with two attached hydrogens (primary N) is 1. The van der Waals surface area contributed by atoms with Crippen LogP contribution in [0.15, 0.2) is 18.2 Å². The fraction of sp³-hybridized carbons (Fsp3) is 0.167. The van der Waals surface area contributed by atoms with Gasteiger partial charge in [0.05, 0.1) is 34.2 Å². The Balaban J connectivity index is 1.89. The SMILES string of the molecule is Nc1nc2c(s1)CN(C(=O)c1c(F)cccc1Cl)C2. The van der Waals surface area contributed by atoms with Gasteiger partial charge >= 0.3 is 0 Å². The minimum Gasteiger partial charge on any atom is -0.375 e. The van der Waals surface area contributed by atoms with Crippen LogP contribution in [0.2, 0.25) is 5.02 Å². The second-order valence-corrected chi connectivity index (χ2v) is 5.70. The highest BCUT2D eigenvalue weighted by Crippen LogP contribution is 2.31. The van der Waals surface area contributed by atoms with Crippen molar-refractivity contribution in [3.05, 3.63) is 45.2 Å². The number of carbonyl (C=O) groups is 1. The summed E-state index contributed by atoms with van der Waals surface area (Å²) in [6.45, 7) is 0.736. The molecule has 0 radical (unpaired) electrons. The second kappa shape index (κ2) is 4.47. The Kier molecular flexibility index (Phi) is 2.91. The van der Waals surface area contributed by atoms with Crippen LogP contribution in [-0.4, -0.2) is 15.8 Å². The van der Waals surface area contributed by atoms with E-state index in [-0.39, 0.29) is 10.6 Å². The van der Waals surface area contributed by atoms with Crippen LogP contribution < -0.4 is 5.73 Å². The number of nitrogens with zero attached hydrogens (tertiary/aromatic N) is 2. The summed E-state index contributed by atoms with van der Waals surface area (Å²) in [7, 11) is 0. The summed E-state index contributed by atoms with van der Waals surface area (Å²) < 4.78 is 13.7. The third-order valence-electron chi connectivity index (χ3n) is 2.93. The number of anilines is 1. The number of benzene rings is 1. The van der Waals surface area contributed by atoms with Crippen LogP contribution in [-0.2, 0) is 13.1 Å². The summed E-state index contributed by atoms with van der Waals surface area (Å²) in [5.41, 5.74) is 6.28. The third kappa shape index (κ3) is 2.06. The largest absolute Gasteiger partial charge is 0.375 e. The van der Waals surface area contributed by atoms with Gasteiger partial charge < -0.3 is 10.6 Å². The Bertz CT molecular complexity index is 629. The first-order valence-corrected chi connectivity index (χ1v) is 6.73. The van der Waals surface area contributed by atoms with E-state index in [4.69, 9.17) is 17.3 Å². The molecule has 0 fully saturated rings. The summed E-state index contributed by atoms with van der Waals surface area (Å²) in [6.07, 6.45) is 0. The molecule has 4 nitrogen and oxygen atoms in total. The molecule has 1 amide bonds. The van der Waals surface area contributed by atoms with Crippen molar-refractivity contribution >= 4 is 34.0 Å². The van der Waals surface area contributed by atoms with E-state index < -0.39 is 11.7 Å². The number of fused-ring (bicyclic) bond motifs is 1. The van der Waals surface area contributed by atoms with Crippen molar-refractivity contribution in [1.29, 1.82) is 0 Å². The lowest BCUT2D eigenvalue weighted by molar-refractivity contribution is 0.0746. The predicted octanol–water partition coefficient (Wildman–Crippen LogP) is 2.67. The van der Waals surface area contributed by atoms with E-state index in [1.807, 2.05) is 0 Å². The van der Waals surface area contributed by atoms with Gasteiger partial charge in [-0.25, -0.2) is 9.37 Å².